The topological polar surface area (TPSA) is 270 Å². The normalized spacial score (nSPS) is 32.3. The first-order valence-corrected chi connectivity index (χ1v) is 37.3. The molecule has 4 aliphatic carbocycles. The third-order valence-corrected chi connectivity index (χ3v) is 23.7. The molecule has 1 spiro atoms. The Labute approximate surface area is 617 Å². The molecule has 2 bridgehead atoms. The summed E-state index contributed by atoms with van der Waals surface area (Å²) in [7, 11) is 10.2. The summed E-state index contributed by atoms with van der Waals surface area (Å²) in [6, 6.07) is -12.8. The molecule has 3 aliphatic heterocycles. The second kappa shape index (κ2) is 36.0. The predicted octanol–water partition coefficient (Wildman–Crippen LogP) is 6.49. The molecular weight excluding hydrogens is 1430 g/mol. The fraction of sp³-hybridized carbons (Fsp3) is 0.806. The Hall–Kier alpha value is -7.39. The van der Waals surface area contributed by atoms with E-state index in [1.165, 1.54) is 49.3 Å². The lowest BCUT2D eigenvalue weighted by Crippen LogP contribution is -2.68. The van der Waals surface area contributed by atoms with Crippen molar-refractivity contribution in [2.75, 3.05) is 82.6 Å². The van der Waals surface area contributed by atoms with Gasteiger partial charge in [-0.3, -0.25) is 57.5 Å². The molecule has 604 valence electrons. The Kier molecular flexibility index (Phi) is 29.2. The van der Waals surface area contributed by atoms with Gasteiger partial charge in [-0.1, -0.05) is 52.2 Å². The molecule has 6 fully saturated rings. The van der Waals surface area contributed by atoms with Crippen LogP contribution in [0.25, 0.3) is 0 Å². The van der Waals surface area contributed by atoms with Gasteiger partial charge >= 0.3 is 18.5 Å². The molecule has 3 N–H and O–H groups in total. The Morgan fingerprint density at radius 2 is 1.20 bits per heavy atom. The first-order valence-electron chi connectivity index (χ1n) is 37.3. The number of carbonyl (C=O) groups is 12. The van der Waals surface area contributed by atoms with Gasteiger partial charge < -0.3 is 60.0 Å². The number of rotatable bonds is 10. The number of hydrogen-bond donors (Lipinski definition) is 3. The fourth-order valence-corrected chi connectivity index (χ4v) is 16.7. The third kappa shape index (κ3) is 20.6. The van der Waals surface area contributed by atoms with Crippen LogP contribution in [-0.4, -0.2) is 282 Å². The summed E-state index contributed by atoms with van der Waals surface area (Å²) >= 11 is 0. The number of nitrogens with zero attached hydrogens (tertiary/aromatic N) is 9. The van der Waals surface area contributed by atoms with Gasteiger partial charge in [-0.05, 0) is 139 Å². The number of alkyl halides is 11. The number of halogens is 11. The van der Waals surface area contributed by atoms with Crippen LogP contribution in [0, 0.1) is 41.4 Å². The highest BCUT2D eigenvalue weighted by atomic mass is 19.4. The summed E-state index contributed by atoms with van der Waals surface area (Å²) < 4.78 is 160. The summed E-state index contributed by atoms with van der Waals surface area (Å²) in [6.07, 6.45) is -21.2. The van der Waals surface area contributed by atoms with Crippen LogP contribution in [0.2, 0.25) is 0 Å². The van der Waals surface area contributed by atoms with E-state index in [1.54, 1.807) is 32.9 Å². The summed E-state index contributed by atoms with van der Waals surface area (Å²) in [4.78, 5) is 188. The molecule has 2 unspecified atom stereocenters. The van der Waals surface area contributed by atoms with Crippen molar-refractivity contribution in [2.45, 2.75) is 247 Å². The summed E-state index contributed by atoms with van der Waals surface area (Å²) in [5.41, 5.74) is -1.95. The SMILES string of the molecule is CC[C@H](C)[C@@H]1NC(=O)[C@H](CC)N(C)C(=O)C[C@@H](C(=O)N(C)C)N(C)C(=O)[C@H](C2CCCC2)N(C)C(=O)C2(CCC2)NC(=O)[C@@H]2C[C@@H](C(F)(F)F)CN2C(=O)[C@H](CCC2CC(F)C(C(F)(F)F)C(F)C2)NC(=O)CN(C)C(=O)[C@H](CC2CCC(C(F)(F)F)CC2)N2CC/C=C\C[C@@H](C2=O)N(C)C(=O)CN(C)C1=O. The van der Waals surface area contributed by atoms with E-state index < -0.39 is 255 Å². The Morgan fingerprint density at radius 3 is 1.74 bits per heavy atom. The minimum Gasteiger partial charge on any atom is -0.347 e. The van der Waals surface area contributed by atoms with E-state index in [9.17, 15) is 55.1 Å². The molecule has 7 aliphatic rings. The van der Waals surface area contributed by atoms with Crippen LogP contribution in [-0.2, 0) is 57.5 Å². The van der Waals surface area contributed by atoms with Crippen LogP contribution in [0.4, 0.5) is 48.3 Å². The van der Waals surface area contributed by atoms with Crippen molar-refractivity contribution in [3.63, 3.8) is 0 Å². The van der Waals surface area contributed by atoms with Gasteiger partial charge in [-0.2, -0.15) is 39.5 Å². The Balaban J connectivity index is 1.32. The maximum atomic E-state index is 15.4. The maximum absolute atomic E-state index is 15.4. The smallest absolute Gasteiger partial charge is 0.347 e. The summed E-state index contributed by atoms with van der Waals surface area (Å²) in [5.74, 6) is -21.6. The quantitative estimate of drug-likeness (QED) is 0.157. The molecule has 0 aromatic carbocycles. The van der Waals surface area contributed by atoms with Crippen LogP contribution in [0.5, 0.6) is 0 Å². The lowest BCUT2D eigenvalue weighted by molar-refractivity contribution is -0.219. The molecule has 12 amide bonds. The van der Waals surface area contributed by atoms with Crippen LogP contribution in [0.3, 0.4) is 0 Å². The van der Waals surface area contributed by atoms with Gasteiger partial charge in [-0.15, -0.1) is 0 Å². The molecule has 24 nitrogen and oxygen atoms in total. The largest absolute Gasteiger partial charge is 0.397 e. The lowest BCUT2D eigenvalue weighted by atomic mass is 9.74. The molecule has 2 saturated heterocycles. The van der Waals surface area contributed by atoms with Gasteiger partial charge in [0.15, 0.2) is 0 Å². The van der Waals surface area contributed by atoms with Gasteiger partial charge in [0, 0.05) is 69.5 Å². The van der Waals surface area contributed by atoms with Gasteiger partial charge in [0.25, 0.3) is 0 Å². The first kappa shape index (κ1) is 86.8. The zero-order chi connectivity index (χ0) is 79.9. The second-order valence-corrected chi connectivity index (χ2v) is 31.1. The molecule has 0 radical (unpaired) electrons. The maximum Gasteiger partial charge on any atom is 0.397 e. The molecule has 0 aromatic rings. The standard InChI is InChI=1S/C72H107F11N12O12/c1-12-40(3)58-66(105)89(7)39-56(98)91(9)50-22-15-14-18-31-94(65(50)104)53(34-41-23-26-44(27-24-41)70(75,76)77)64(103)88(6)38-54(96)84-48(28-25-42-32-46(73)57(47(74)33-42)72(81,82)83)62(101)95-37-45(71(78,79)80)35-51(95)61(100)86-69(29-19-30-69)68(107)93(11)59(43-20-16-17-21-43)67(106)92(10)52(63(102)87(4)5)36-55(97)90(8)49(13-2)60(99)85-58/h14-15,40-53,57-59H,12-13,16-39H2,1-11H3,(H,84,96)(H,85,99)(H,86,100)/b15-14-/t40-,41?,42?,44?,45+,46?,47?,48-,49-,50-,51-,52-,53-,57?,58-,59-/m0/s1. The number of fused-ring (bicyclic) bond motifs is 3. The number of amides is 12. The molecule has 35 heteroatoms. The van der Waals surface area contributed by atoms with Crippen LogP contribution in [0.15, 0.2) is 12.2 Å². The molecular formula is C72H107F11N12O12. The van der Waals surface area contributed by atoms with Crippen molar-refractivity contribution >= 4 is 70.9 Å². The molecule has 12 atom stereocenters. The van der Waals surface area contributed by atoms with Crippen LogP contribution >= 0.6 is 0 Å². The van der Waals surface area contributed by atoms with Crippen molar-refractivity contribution < 1.29 is 106 Å². The monoisotopic (exact) mass is 1540 g/mol. The molecule has 107 heavy (non-hydrogen) atoms. The van der Waals surface area contributed by atoms with Crippen molar-refractivity contribution in [1.82, 2.24) is 60.0 Å². The molecule has 3 heterocycles. The number of hydrogen-bond acceptors (Lipinski definition) is 12. The summed E-state index contributed by atoms with van der Waals surface area (Å²) in [6.45, 7) is 1.77. The Bertz CT molecular complexity index is 3240. The average molecular weight is 1540 g/mol. The van der Waals surface area contributed by atoms with E-state index in [1.807, 2.05) is 0 Å². The van der Waals surface area contributed by atoms with E-state index in [0.29, 0.717) is 37.0 Å². The zero-order valence-corrected chi connectivity index (χ0v) is 62.9. The number of nitrogens with one attached hydrogen (secondary N) is 3. The highest BCUT2D eigenvalue weighted by Gasteiger charge is 2.58. The Morgan fingerprint density at radius 1 is 0.598 bits per heavy atom. The molecule has 0 aromatic heterocycles. The van der Waals surface area contributed by atoms with Crippen LogP contribution < -0.4 is 16.0 Å². The first-order chi connectivity index (χ1) is 49.9. The van der Waals surface area contributed by atoms with E-state index in [2.05, 4.69) is 16.0 Å². The minimum absolute atomic E-state index is 0.0485. The highest BCUT2D eigenvalue weighted by molar-refractivity contribution is 6.01. The van der Waals surface area contributed by atoms with Crippen molar-refractivity contribution in [3.8, 4) is 0 Å². The van der Waals surface area contributed by atoms with Crippen molar-refractivity contribution in [2.24, 2.45) is 41.4 Å². The molecule has 4 saturated carbocycles. The van der Waals surface area contributed by atoms with E-state index in [-0.39, 0.29) is 77.2 Å². The van der Waals surface area contributed by atoms with Gasteiger partial charge in [0.2, 0.25) is 70.9 Å². The summed E-state index contributed by atoms with van der Waals surface area (Å²) in [5, 5.41) is 7.76. The number of likely N-dealkylation sites (N-methyl/N-ethyl adjacent to an activating group) is 7. The van der Waals surface area contributed by atoms with Crippen molar-refractivity contribution in [1.29, 1.82) is 0 Å². The zero-order valence-electron chi connectivity index (χ0n) is 62.9. The van der Waals surface area contributed by atoms with E-state index in [0.717, 1.165) is 46.2 Å². The molecule has 7 rings (SSSR count). The lowest BCUT2D eigenvalue weighted by Gasteiger charge is -2.46. The fourth-order valence-electron chi connectivity index (χ4n) is 16.7. The third-order valence-electron chi connectivity index (χ3n) is 23.7. The van der Waals surface area contributed by atoms with Gasteiger partial charge in [-0.25, -0.2) is 8.78 Å². The van der Waals surface area contributed by atoms with Gasteiger partial charge in [0.1, 0.15) is 72.1 Å². The second-order valence-electron chi connectivity index (χ2n) is 31.1. The van der Waals surface area contributed by atoms with Crippen LogP contribution in [0.1, 0.15) is 162 Å². The minimum atomic E-state index is -5.30. The van der Waals surface area contributed by atoms with Crippen molar-refractivity contribution in [3.05, 3.63) is 12.2 Å². The average Bonchev–Trinajstić information content (AvgIpc) is 1.65. The number of carbonyl (C=O) groups excluding carboxylic acids is 12. The van der Waals surface area contributed by atoms with Gasteiger partial charge in [0.05, 0.1) is 31.3 Å². The van der Waals surface area contributed by atoms with E-state index in [4.69, 9.17) is 0 Å². The highest BCUT2D eigenvalue weighted by Crippen LogP contribution is 2.46. The predicted molar refractivity (Wildman–Crippen MR) is 366 cm³/mol. The van der Waals surface area contributed by atoms with E-state index >= 15 is 50.7 Å².